The van der Waals surface area contributed by atoms with E-state index in [0.29, 0.717) is 25.2 Å². The molecule has 0 unspecified atom stereocenters. The molecule has 0 radical (unpaired) electrons. The number of hydrogen-bond acceptors (Lipinski definition) is 5. The fraction of sp³-hybridized carbons (Fsp3) is 0.263. The molecular weight excluding hydrogens is 332 g/mol. The van der Waals surface area contributed by atoms with E-state index in [1.165, 1.54) is 12.2 Å². The number of aromatic nitrogens is 2. The number of aromatic amines is 1. The predicted molar refractivity (Wildman–Crippen MR) is 98.7 cm³/mol. The molecule has 1 aliphatic rings. The second-order valence-electron chi connectivity index (χ2n) is 6.10. The first-order valence-electron chi connectivity index (χ1n) is 8.46. The van der Waals surface area contributed by atoms with E-state index < -0.39 is 0 Å². The average molecular weight is 352 g/mol. The van der Waals surface area contributed by atoms with E-state index in [1.54, 1.807) is 36.5 Å². The van der Waals surface area contributed by atoms with Gasteiger partial charge in [0.2, 0.25) is 5.91 Å². The summed E-state index contributed by atoms with van der Waals surface area (Å²) in [5, 5.41) is 3.17. The summed E-state index contributed by atoms with van der Waals surface area (Å²) in [6.45, 7) is 2.73. The fourth-order valence-electron chi connectivity index (χ4n) is 2.66. The smallest absolute Gasteiger partial charge is 0.271 e. The first kappa shape index (κ1) is 17.6. The van der Waals surface area contributed by atoms with E-state index in [0.717, 1.165) is 11.1 Å². The van der Waals surface area contributed by atoms with Crippen LogP contribution < -0.4 is 10.9 Å². The van der Waals surface area contributed by atoms with E-state index in [-0.39, 0.29) is 23.3 Å². The molecule has 1 saturated heterocycles. The van der Waals surface area contributed by atoms with Gasteiger partial charge in [-0.15, -0.1) is 0 Å². The van der Waals surface area contributed by atoms with Gasteiger partial charge in [-0.3, -0.25) is 19.4 Å². The summed E-state index contributed by atoms with van der Waals surface area (Å²) in [5.41, 5.74) is 2.09. The summed E-state index contributed by atoms with van der Waals surface area (Å²) < 4.78 is 0. The Morgan fingerprint density at radius 3 is 2.69 bits per heavy atom. The highest BCUT2D eigenvalue weighted by atomic mass is 16.2. The maximum atomic E-state index is 12.0. The van der Waals surface area contributed by atoms with Crippen molar-refractivity contribution in [2.24, 2.45) is 0 Å². The first-order valence-corrected chi connectivity index (χ1v) is 8.46. The number of ketones is 1. The van der Waals surface area contributed by atoms with Gasteiger partial charge in [-0.1, -0.05) is 6.92 Å². The van der Waals surface area contributed by atoms with Gasteiger partial charge in [0, 0.05) is 49.7 Å². The summed E-state index contributed by atoms with van der Waals surface area (Å²) in [5.74, 6) is -0.266. The molecule has 1 amide bonds. The summed E-state index contributed by atoms with van der Waals surface area (Å²) in [7, 11) is 0. The number of pyridine rings is 2. The van der Waals surface area contributed by atoms with Gasteiger partial charge in [-0.2, -0.15) is 0 Å². The van der Waals surface area contributed by atoms with Crippen LogP contribution in [0, 0.1) is 0 Å². The Bertz CT molecular complexity index is 883. The number of carbonyl (C=O) groups is 2. The molecule has 26 heavy (non-hydrogen) atoms. The molecule has 7 nitrogen and oxygen atoms in total. The molecule has 7 heteroatoms. The Balaban J connectivity index is 1.61. The zero-order valence-corrected chi connectivity index (χ0v) is 14.4. The molecule has 0 bridgehead atoms. The van der Waals surface area contributed by atoms with Crippen molar-refractivity contribution in [2.75, 3.05) is 18.4 Å². The number of H-pyrrole nitrogens is 1. The van der Waals surface area contributed by atoms with Gasteiger partial charge in [0.15, 0.2) is 5.78 Å². The second kappa shape index (κ2) is 7.77. The van der Waals surface area contributed by atoms with E-state index in [9.17, 15) is 14.4 Å². The third-order valence-corrected chi connectivity index (χ3v) is 4.23. The first-order chi connectivity index (χ1) is 12.6. The number of rotatable bonds is 6. The number of nitrogens with one attached hydrogen (secondary N) is 2. The Morgan fingerprint density at radius 2 is 2.00 bits per heavy atom. The maximum absolute atomic E-state index is 12.0. The summed E-state index contributed by atoms with van der Waals surface area (Å²) in [4.78, 5) is 43.5. The van der Waals surface area contributed by atoms with Gasteiger partial charge in [0.05, 0.1) is 6.04 Å². The summed E-state index contributed by atoms with van der Waals surface area (Å²) in [6, 6.07) is 5.53. The second-order valence-corrected chi connectivity index (χ2v) is 6.10. The van der Waals surface area contributed by atoms with Crippen LogP contribution in [-0.2, 0) is 9.59 Å². The normalized spacial score (nSPS) is 14.3. The lowest BCUT2D eigenvalue weighted by Gasteiger charge is -2.39. The van der Waals surface area contributed by atoms with Crippen molar-refractivity contribution < 1.29 is 9.59 Å². The van der Waals surface area contributed by atoms with Crippen LogP contribution in [0.15, 0.2) is 53.7 Å². The third kappa shape index (κ3) is 4.05. The molecule has 2 aromatic heterocycles. The fourth-order valence-corrected chi connectivity index (χ4v) is 2.66. The minimum atomic E-state index is -0.207. The van der Waals surface area contributed by atoms with Gasteiger partial charge in [0.1, 0.15) is 5.69 Å². The molecule has 0 aromatic carbocycles. The van der Waals surface area contributed by atoms with Gasteiger partial charge >= 0.3 is 0 Å². The Kier molecular flexibility index (Phi) is 5.26. The highest BCUT2D eigenvalue weighted by Crippen LogP contribution is 2.20. The third-order valence-electron chi connectivity index (χ3n) is 4.23. The van der Waals surface area contributed by atoms with Crippen molar-refractivity contribution in [3.8, 4) is 11.1 Å². The molecule has 1 fully saturated rings. The zero-order chi connectivity index (χ0) is 18.5. The van der Waals surface area contributed by atoms with E-state index in [1.807, 2.05) is 12.1 Å². The zero-order valence-electron chi connectivity index (χ0n) is 14.4. The minimum absolute atomic E-state index is 0.00279. The number of hydrogen-bond donors (Lipinski definition) is 2. The lowest BCUT2D eigenvalue weighted by atomic mass is 10.1. The van der Waals surface area contributed by atoms with Gasteiger partial charge in [-0.05, 0) is 29.8 Å². The Hall–Kier alpha value is -3.22. The average Bonchev–Trinajstić information content (AvgIpc) is 2.64. The van der Waals surface area contributed by atoms with Crippen LogP contribution in [-0.4, -0.2) is 45.7 Å². The van der Waals surface area contributed by atoms with Crippen molar-refractivity contribution in [1.29, 1.82) is 0 Å². The molecule has 0 aliphatic carbocycles. The van der Waals surface area contributed by atoms with Crippen LogP contribution in [0.2, 0.25) is 0 Å². The molecule has 3 heterocycles. The summed E-state index contributed by atoms with van der Waals surface area (Å²) >= 11 is 0. The van der Waals surface area contributed by atoms with Crippen molar-refractivity contribution in [2.45, 2.75) is 19.4 Å². The standard InChI is InChI=1S/C19H20N4O3/c1-2-16(24)3-4-18(25)23-11-15(12-23)22-17-9-14(10-21-19(17)26)13-5-7-20-8-6-13/h3-10,15,22H,2,11-12H2,1H3,(H,21,26)/b4-3+. The molecule has 0 spiro atoms. The quantitative estimate of drug-likeness (QED) is 0.770. The molecule has 2 aromatic rings. The summed E-state index contributed by atoms with van der Waals surface area (Å²) in [6.07, 6.45) is 8.05. The predicted octanol–water partition coefficient (Wildman–Crippen LogP) is 1.59. The molecule has 3 rings (SSSR count). The molecule has 2 N–H and O–H groups in total. The topological polar surface area (TPSA) is 95.2 Å². The number of anilines is 1. The van der Waals surface area contributed by atoms with Gasteiger partial charge in [-0.25, -0.2) is 0 Å². The largest absolute Gasteiger partial charge is 0.374 e. The number of likely N-dealkylation sites (tertiary alicyclic amines) is 1. The number of carbonyl (C=O) groups excluding carboxylic acids is 2. The number of amides is 1. The van der Waals surface area contributed by atoms with Crippen molar-refractivity contribution in [3.05, 3.63) is 59.3 Å². The number of nitrogens with zero attached hydrogens (tertiary/aromatic N) is 2. The molecule has 0 saturated carbocycles. The maximum Gasteiger partial charge on any atom is 0.271 e. The van der Waals surface area contributed by atoms with Gasteiger partial charge in [0.25, 0.3) is 5.56 Å². The lowest BCUT2D eigenvalue weighted by Crippen LogP contribution is -2.57. The van der Waals surface area contributed by atoms with Crippen LogP contribution in [0.5, 0.6) is 0 Å². The molecule has 0 atom stereocenters. The lowest BCUT2D eigenvalue weighted by molar-refractivity contribution is -0.130. The number of allylic oxidation sites excluding steroid dienone is 1. The van der Waals surface area contributed by atoms with E-state index in [2.05, 4.69) is 15.3 Å². The van der Waals surface area contributed by atoms with Crippen LogP contribution >= 0.6 is 0 Å². The highest BCUT2D eigenvalue weighted by molar-refractivity contribution is 5.97. The Morgan fingerprint density at radius 1 is 1.27 bits per heavy atom. The van der Waals surface area contributed by atoms with E-state index in [4.69, 9.17) is 0 Å². The van der Waals surface area contributed by atoms with Crippen molar-refractivity contribution in [3.63, 3.8) is 0 Å². The monoisotopic (exact) mass is 352 g/mol. The van der Waals surface area contributed by atoms with E-state index >= 15 is 0 Å². The van der Waals surface area contributed by atoms with Crippen LogP contribution in [0.1, 0.15) is 13.3 Å². The van der Waals surface area contributed by atoms with Crippen LogP contribution in [0.3, 0.4) is 0 Å². The molecular formula is C19H20N4O3. The van der Waals surface area contributed by atoms with Crippen LogP contribution in [0.4, 0.5) is 5.69 Å². The minimum Gasteiger partial charge on any atom is -0.374 e. The van der Waals surface area contributed by atoms with Crippen molar-refractivity contribution in [1.82, 2.24) is 14.9 Å². The van der Waals surface area contributed by atoms with Crippen LogP contribution in [0.25, 0.3) is 11.1 Å². The van der Waals surface area contributed by atoms with Crippen molar-refractivity contribution >= 4 is 17.4 Å². The molecule has 134 valence electrons. The SMILES string of the molecule is CCC(=O)/C=C/C(=O)N1CC(Nc2cc(-c3ccncc3)c[nH]c2=O)C1. The van der Waals surface area contributed by atoms with Gasteiger partial charge < -0.3 is 15.2 Å². The molecule has 1 aliphatic heterocycles. The Labute approximate surface area is 150 Å². The highest BCUT2D eigenvalue weighted by Gasteiger charge is 2.29.